The molecule has 0 heterocycles. The highest BCUT2D eigenvalue weighted by Crippen LogP contribution is 2.07. The average molecular weight is 233 g/mol. The Morgan fingerprint density at radius 2 is 1.00 bits per heavy atom. The minimum Gasteiger partial charge on any atom is -0.508 e. The van der Waals surface area contributed by atoms with E-state index in [0.717, 1.165) is 0 Å². The van der Waals surface area contributed by atoms with Gasteiger partial charge in [-0.05, 0) is 24.3 Å². The van der Waals surface area contributed by atoms with Crippen molar-refractivity contribution in [2.75, 3.05) is 0 Å². The summed E-state index contributed by atoms with van der Waals surface area (Å²) in [6.45, 7) is 0.270. The highest BCUT2D eigenvalue weighted by molar-refractivity contribution is 7.62. The Morgan fingerprint density at radius 1 is 0.667 bits per heavy atom. The van der Waals surface area contributed by atoms with E-state index in [0.29, 0.717) is 6.39 Å². The SMILES string of the molecule is BB(B)B(c1ccc(O)cc1)c1ccc(O)cc1. The first kappa shape index (κ1) is 12.7. The summed E-state index contributed by atoms with van der Waals surface area (Å²) < 4.78 is 0. The normalized spacial score (nSPS) is 10.0. The van der Waals surface area contributed by atoms with Crippen LogP contribution >= 0.6 is 0 Å². The summed E-state index contributed by atoms with van der Waals surface area (Å²) in [6.07, 6.45) is 0.444. The van der Waals surface area contributed by atoms with Crippen LogP contribution in [0, 0.1) is 0 Å². The molecule has 2 aromatic rings. The van der Waals surface area contributed by atoms with Crippen LogP contribution in [0.2, 0.25) is 0 Å². The van der Waals surface area contributed by atoms with Crippen molar-refractivity contribution in [3.63, 3.8) is 0 Å². The van der Waals surface area contributed by atoms with Gasteiger partial charge < -0.3 is 10.2 Å². The zero-order chi connectivity index (χ0) is 13.1. The van der Waals surface area contributed by atoms with Gasteiger partial charge in [0, 0.05) is 0 Å². The van der Waals surface area contributed by atoms with E-state index in [1.54, 1.807) is 24.3 Å². The van der Waals surface area contributed by atoms with E-state index in [2.05, 4.69) is 15.5 Å². The van der Waals surface area contributed by atoms with Crippen molar-refractivity contribution in [3.05, 3.63) is 48.5 Å². The van der Waals surface area contributed by atoms with Crippen molar-refractivity contribution in [2.45, 2.75) is 0 Å². The highest BCUT2D eigenvalue weighted by Gasteiger charge is 2.23. The Balaban J connectivity index is 2.39. The lowest BCUT2D eigenvalue weighted by Gasteiger charge is -2.17. The minimum absolute atomic E-state index is 0.270. The topological polar surface area (TPSA) is 40.5 Å². The Bertz CT molecular complexity index is 465. The predicted octanol–water partition coefficient (Wildman–Crippen LogP) is -1.46. The summed E-state index contributed by atoms with van der Waals surface area (Å²) in [5.41, 5.74) is 2.35. The van der Waals surface area contributed by atoms with Gasteiger partial charge in [-0.25, -0.2) is 0 Å². The van der Waals surface area contributed by atoms with Crippen molar-refractivity contribution in [3.8, 4) is 11.5 Å². The molecule has 86 valence electrons. The zero-order valence-electron chi connectivity index (χ0n) is 10.7. The number of phenolic OH excluding ortho intramolecular Hbond substituents is 2. The summed E-state index contributed by atoms with van der Waals surface area (Å²) in [5.74, 6) is 0.568. The van der Waals surface area contributed by atoms with Gasteiger partial charge >= 0.3 is 0 Å². The molecule has 0 bridgehead atoms. The van der Waals surface area contributed by atoms with Crippen molar-refractivity contribution in [1.29, 1.82) is 0 Å². The third-order valence-electron chi connectivity index (χ3n) is 3.17. The molecule has 0 amide bonds. The number of aromatic hydroxyl groups is 2. The smallest absolute Gasteiger partial charge is 0.162 e. The number of benzene rings is 2. The molecule has 0 spiro atoms. The van der Waals surface area contributed by atoms with Gasteiger partial charge in [-0.15, -0.1) is 0 Å². The fourth-order valence-electron chi connectivity index (χ4n) is 2.33. The van der Waals surface area contributed by atoms with Crippen LogP contribution in [0.3, 0.4) is 0 Å². The second-order valence-corrected chi connectivity index (χ2v) is 4.90. The summed E-state index contributed by atoms with van der Waals surface area (Å²) in [7, 11) is 4.34. The molecule has 0 saturated carbocycles. The molecule has 0 aliphatic heterocycles. The summed E-state index contributed by atoms with van der Waals surface area (Å²) in [4.78, 5) is 0. The van der Waals surface area contributed by atoms with Crippen molar-refractivity contribution in [2.24, 2.45) is 0 Å². The largest absolute Gasteiger partial charge is 0.508 e. The van der Waals surface area contributed by atoms with Crippen LogP contribution in [0.25, 0.3) is 0 Å². The lowest BCUT2D eigenvalue weighted by atomic mass is 8.90. The molecule has 0 unspecified atom stereocenters. The maximum Gasteiger partial charge on any atom is 0.162 e. The Kier molecular flexibility index (Phi) is 3.75. The summed E-state index contributed by atoms with van der Waals surface area (Å²) >= 11 is 0. The first-order valence-corrected chi connectivity index (χ1v) is 6.16. The molecule has 2 aromatic carbocycles. The lowest BCUT2D eigenvalue weighted by molar-refractivity contribution is 0.475. The molecular formula is C12H14B4O2. The van der Waals surface area contributed by atoms with E-state index in [4.69, 9.17) is 0 Å². The highest BCUT2D eigenvalue weighted by atomic mass is 16.3. The molecule has 2 rings (SSSR count). The van der Waals surface area contributed by atoms with E-state index >= 15 is 0 Å². The molecule has 2 N–H and O–H groups in total. The lowest BCUT2D eigenvalue weighted by Crippen LogP contribution is -2.55. The molecule has 0 aromatic heterocycles. The van der Waals surface area contributed by atoms with Crippen molar-refractivity contribution < 1.29 is 10.2 Å². The first-order chi connectivity index (χ1) is 8.58. The van der Waals surface area contributed by atoms with E-state index < -0.39 is 0 Å². The van der Waals surface area contributed by atoms with E-state index in [1.165, 1.54) is 10.9 Å². The number of rotatable bonds is 3. The van der Waals surface area contributed by atoms with Crippen LogP contribution in [-0.4, -0.2) is 38.7 Å². The third kappa shape index (κ3) is 2.76. The van der Waals surface area contributed by atoms with Gasteiger partial charge in [0.25, 0.3) is 0 Å². The summed E-state index contributed by atoms with van der Waals surface area (Å²) in [6, 6.07) is 14.7. The fourth-order valence-corrected chi connectivity index (χ4v) is 2.33. The second kappa shape index (κ2) is 5.30. The molecule has 0 atom stereocenters. The van der Waals surface area contributed by atoms with Crippen LogP contribution in [0.1, 0.15) is 0 Å². The molecule has 0 fully saturated rings. The third-order valence-corrected chi connectivity index (χ3v) is 3.17. The molecule has 0 saturated heterocycles. The minimum atomic E-state index is 0.270. The van der Waals surface area contributed by atoms with Gasteiger partial charge in [0.05, 0.1) is 21.9 Å². The average Bonchev–Trinajstić information content (AvgIpc) is 2.34. The van der Waals surface area contributed by atoms with Crippen LogP contribution in [0.15, 0.2) is 48.5 Å². The fraction of sp³-hybridized carbons (Fsp3) is 0. The molecule has 0 radical (unpaired) electrons. The van der Waals surface area contributed by atoms with Gasteiger partial charge in [0.1, 0.15) is 11.5 Å². The quantitative estimate of drug-likeness (QED) is 0.636. The molecular weight excluding hydrogens is 219 g/mol. The van der Waals surface area contributed by atoms with Gasteiger partial charge in [0.2, 0.25) is 0 Å². The van der Waals surface area contributed by atoms with Gasteiger partial charge in [-0.1, -0.05) is 35.2 Å². The van der Waals surface area contributed by atoms with Gasteiger partial charge in [-0.3, -0.25) is 0 Å². The van der Waals surface area contributed by atoms with Gasteiger partial charge in [-0.2, -0.15) is 0 Å². The Morgan fingerprint density at radius 3 is 1.28 bits per heavy atom. The number of hydrogen-bond acceptors (Lipinski definition) is 2. The molecule has 0 aliphatic carbocycles. The molecule has 0 aliphatic rings. The Labute approximate surface area is 110 Å². The Hall–Kier alpha value is -1.70. The maximum absolute atomic E-state index is 9.35. The van der Waals surface area contributed by atoms with E-state index in [1.807, 2.05) is 24.3 Å². The van der Waals surface area contributed by atoms with E-state index in [-0.39, 0.29) is 18.1 Å². The van der Waals surface area contributed by atoms with Crippen molar-refractivity contribution in [1.82, 2.24) is 0 Å². The molecule has 2 nitrogen and oxygen atoms in total. The second-order valence-electron chi connectivity index (χ2n) is 4.90. The van der Waals surface area contributed by atoms with Crippen LogP contribution in [-0.2, 0) is 0 Å². The van der Waals surface area contributed by atoms with Gasteiger partial charge in [0.15, 0.2) is 6.60 Å². The monoisotopic (exact) mass is 234 g/mol. The number of hydrogen-bond donors (Lipinski definition) is 2. The molecule has 18 heavy (non-hydrogen) atoms. The summed E-state index contributed by atoms with van der Waals surface area (Å²) in [5, 5.41) is 18.7. The predicted molar refractivity (Wildman–Crippen MR) is 84.1 cm³/mol. The zero-order valence-corrected chi connectivity index (χ0v) is 10.7. The molecule has 6 heteroatoms. The number of phenols is 2. The maximum atomic E-state index is 9.35. The van der Waals surface area contributed by atoms with Crippen molar-refractivity contribution >= 4 is 39.4 Å². The standard InChI is InChI=1S/C12H14B4O2/c13-16(14)15(9-1-5-11(17)6-2-9)10-3-7-12(18)8-4-10/h1-8,17-18H,13-14H2. The van der Waals surface area contributed by atoms with Crippen LogP contribution < -0.4 is 10.9 Å². The van der Waals surface area contributed by atoms with E-state index in [9.17, 15) is 10.2 Å². The van der Waals surface area contributed by atoms with Crippen LogP contribution in [0.4, 0.5) is 0 Å². The first-order valence-electron chi connectivity index (χ1n) is 6.16. The van der Waals surface area contributed by atoms with Crippen LogP contribution in [0.5, 0.6) is 11.5 Å².